The van der Waals surface area contributed by atoms with E-state index in [0.29, 0.717) is 24.2 Å². The number of ether oxygens (including phenoxy) is 1. The molecule has 7 nitrogen and oxygen atoms in total. The Hall–Kier alpha value is -2.69. The maximum atomic E-state index is 13.3. The fourth-order valence-corrected chi connectivity index (χ4v) is 5.04. The van der Waals surface area contributed by atoms with Crippen molar-refractivity contribution in [3.63, 3.8) is 0 Å². The average molecular weight is 391 g/mol. The van der Waals surface area contributed by atoms with Crippen molar-refractivity contribution in [3.05, 3.63) is 36.0 Å². The summed E-state index contributed by atoms with van der Waals surface area (Å²) < 4.78 is 6.10. The number of nitrogens with zero attached hydrogens (tertiary/aromatic N) is 4. The van der Waals surface area contributed by atoms with Gasteiger partial charge in [0.1, 0.15) is 6.07 Å². The van der Waals surface area contributed by atoms with E-state index in [4.69, 9.17) is 4.74 Å². The number of hydrogen-bond acceptors (Lipinski definition) is 6. The Morgan fingerprint density at radius 2 is 2.24 bits per heavy atom. The molecule has 5 rings (SSSR count). The summed E-state index contributed by atoms with van der Waals surface area (Å²) in [7, 11) is 0. The minimum Gasteiger partial charge on any atom is -0.365 e. The van der Waals surface area contributed by atoms with E-state index in [1.165, 1.54) is 0 Å². The van der Waals surface area contributed by atoms with E-state index in [9.17, 15) is 10.1 Å². The van der Waals surface area contributed by atoms with Gasteiger partial charge in [0.25, 0.3) is 5.91 Å². The molecule has 3 fully saturated rings. The maximum Gasteiger partial charge on any atom is 0.254 e. The molecule has 0 aliphatic carbocycles. The lowest BCUT2D eigenvalue weighted by atomic mass is 9.83. The summed E-state index contributed by atoms with van der Waals surface area (Å²) in [6, 6.07) is 9.88. The van der Waals surface area contributed by atoms with E-state index in [2.05, 4.69) is 21.3 Å². The van der Waals surface area contributed by atoms with E-state index in [0.717, 1.165) is 43.5 Å². The van der Waals surface area contributed by atoms with Crippen LogP contribution in [0.3, 0.4) is 0 Å². The van der Waals surface area contributed by atoms with Crippen molar-refractivity contribution < 1.29 is 9.53 Å². The van der Waals surface area contributed by atoms with E-state index in [-0.39, 0.29) is 17.6 Å². The Morgan fingerprint density at radius 3 is 2.97 bits per heavy atom. The molecule has 150 valence electrons. The highest BCUT2D eigenvalue weighted by Gasteiger charge is 2.51. The Labute approximate surface area is 170 Å². The van der Waals surface area contributed by atoms with Gasteiger partial charge in [0, 0.05) is 36.9 Å². The molecule has 1 amide bonds. The third-order valence-corrected chi connectivity index (χ3v) is 6.60. The predicted octanol–water partition coefficient (Wildman–Crippen LogP) is 1.66. The number of carbonyl (C=O) groups is 1. The van der Waals surface area contributed by atoms with Crippen LogP contribution < -0.4 is 10.2 Å². The van der Waals surface area contributed by atoms with Crippen LogP contribution in [0.1, 0.15) is 25.3 Å². The second-order valence-corrected chi connectivity index (χ2v) is 8.37. The third-order valence-electron chi connectivity index (χ3n) is 6.60. The highest BCUT2D eigenvalue weighted by molar-refractivity contribution is 5.95. The van der Waals surface area contributed by atoms with E-state index in [1.54, 1.807) is 6.20 Å². The number of likely N-dealkylation sites (tertiary alicyclic amines) is 1. The fourth-order valence-electron chi connectivity index (χ4n) is 5.04. The first-order valence-electron chi connectivity index (χ1n) is 10.3. The van der Waals surface area contributed by atoms with Crippen LogP contribution in [0.15, 0.2) is 30.5 Å². The molecular formula is C22H25N5O2. The van der Waals surface area contributed by atoms with Crippen LogP contribution in [0, 0.1) is 11.3 Å². The van der Waals surface area contributed by atoms with Crippen LogP contribution in [-0.4, -0.2) is 66.3 Å². The zero-order valence-electron chi connectivity index (χ0n) is 16.6. The number of fused-ring (bicyclic) bond motifs is 1. The molecule has 1 unspecified atom stereocenters. The molecule has 0 bridgehead atoms. The van der Waals surface area contributed by atoms with Gasteiger partial charge in [-0.15, -0.1) is 0 Å². The summed E-state index contributed by atoms with van der Waals surface area (Å²) >= 11 is 0. The number of aromatic nitrogens is 1. The fraction of sp³-hybridized carbons (Fsp3) is 0.500. The smallest absolute Gasteiger partial charge is 0.254 e. The number of nitrogens with one attached hydrogen (secondary N) is 1. The van der Waals surface area contributed by atoms with E-state index < -0.39 is 6.10 Å². The molecule has 4 heterocycles. The largest absolute Gasteiger partial charge is 0.365 e. The van der Waals surface area contributed by atoms with Crippen LogP contribution in [0.2, 0.25) is 0 Å². The number of morpholine rings is 1. The average Bonchev–Trinajstić information content (AvgIpc) is 3.24. The highest BCUT2D eigenvalue weighted by atomic mass is 16.5. The van der Waals surface area contributed by atoms with Gasteiger partial charge in [-0.3, -0.25) is 9.78 Å². The molecule has 7 heteroatoms. The summed E-state index contributed by atoms with van der Waals surface area (Å²) in [6.45, 7) is 5.90. The summed E-state index contributed by atoms with van der Waals surface area (Å²) in [6.07, 6.45) is 3.28. The zero-order chi connectivity index (χ0) is 20.0. The van der Waals surface area contributed by atoms with Crippen molar-refractivity contribution in [1.82, 2.24) is 15.2 Å². The van der Waals surface area contributed by atoms with E-state index >= 15 is 0 Å². The molecule has 3 aliphatic rings. The third kappa shape index (κ3) is 2.95. The first kappa shape index (κ1) is 18.3. The first-order chi connectivity index (χ1) is 14.1. The van der Waals surface area contributed by atoms with Gasteiger partial charge in [-0.2, -0.15) is 5.26 Å². The van der Waals surface area contributed by atoms with Crippen molar-refractivity contribution >= 4 is 22.5 Å². The van der Waals surface area contributed by atoms with Crippen LogP contribution in [0.25, 0.3) is 10.9 Å². The van der Waals surface area contributed by atoms with Crippen molar-refractivity contribution in [2.75, 3.05) is 37.6 Å². The number of benzene rings is 1. The lowest BCUT2D eigenvalue weighted by Gasteiger charge is -2.52. The summed E-state index contributed by atoms with van der Waals surface area (Å²) in [5, 5.41) is 13.7. The van der Waals surface area contributed by atoms with Gasteiger partial charge in [-0.1, -0.05) is 0 Å². The molecule has 0 saturated carbocycles. The van der Waals surface area contributed by atoms with Crippen molar-refractivity contribution in [1.29, 1.82) is 5.26 Å². The predicted molar refractivity (Wildman–Crippen MR) is 110 cm³/mol. The van der Waals surface area contributed by atoms with Crippen LogP contribution in [0.5, 0.6) is 0 Å². The second-order valence-electron chi connectivity index (χ2n) is 8.37. The monoisotopic (exact) mass is 391 g/mol. The molecule has 2 aromatic rings. The number of carbonyl (C=O) groups excluding carboxylic acids is 1. The molecule has 1 N–H and O–H groups in total. The number of rotatable bonds is 2. The lowest BCUT2D eigenvalue weighted by molar-refractivity contribution is -0.163. The normalized spacial score (nSPS) is 29.1. The molecule has 3 aliphatic heterocycles. The number of hydrogen-bond donors (Lipinski definition) is 1. The van der Waals surface area contributed by atoms with Crippen molar-refractivity contribution in [2.45, 2.75) is 37.5 Å². The molecule has 1 spiro atoms. The Morgan fingerprint density at radius 1 is 1.34 bits per heavy atom. The number of nitriles is 1. The van der Waals surface area contributed by atoms with Gasteiger partial charge in [0.15, 0.2) is 6.10 Å². The molecule has 1 aromatic heterocycles. The summed E-state index contributed by atoms with van der Waals surface area (Å²) in [5.41, 5.74) is 2.26. The van der Waals surface area contributed by atoms with Crippen LogP contribution >= 0.6 is 0 Å². The second kappa shape index (κ2) is 6.97. The maximum absolute atomic E-state index is 13.3. The van der Waals surface area contributed by atoms with Gasteiger partial charge in [0.05, 0.1) is 29.3 Å². The standard InChI is InChI=1S/C22H25N5O2/c1-15-12-26(18-5-4-16(11-23)20-17(18)3-2-8-25-20)13-19(29-15)21(28)27-10-7-22(27)6-9-24-14-22/h2-5,8,15,19,24H,6-7,9-10,12-14H2,1H3/t15-,19-,22?/m1/s1. The number of pyridine rings is 1. The molecular weight excluding hydrogens is 366 g/mol. The minimum atomic E-state index is -0.473. The summed E-state index contributed by atoms with van der Waals surface area (Å²) in [5.74, 6) is 0.104. The van der Waals surface area contributed by atoms with Gasteiger partial charge in [-0.25, -0.2) is 0 Å². The lowest BCUT2D eigenvalue weighted by Crippen LogP contribution is -2.67. The molecule has 1 aromatic carbocycles. The Bertz CT molecular complexity index is 994. The minimum absolute atomic E-state index is 0.00296. The summed E-state index contributed by atoms with van der Waals surface area (Å²) in [4.78, 5) is 22.0. The quantitative estimate of drug-likeness (QED) is 0.839. The molecule has 29 heavy (non-hydrogen) atoms. The van der Waals surface area contributed by atoms with Crippen LogP contribution in [0.4, 0.5) is 5.69 Å². The van der Waals surface area contributed by atoms with Gasteiger partial charge >= 0.3 is 0 Å². The van der Waals surface area contributed by atoms with Gasteiger partial charge in [-0.05, 0) is 50.6 Å². The molecule has 3 atom stereocenters. The first-order valence-corrected chi connectivity index (χ1v) is 10.3. The Kier molecular flexibility index (Phi) is 4.41. The molecule has 3 saturated heterocycles. The van der Waals surface area contributed by atoms with Crippen molar-refractivity contribution in [3.8, 4) is 6.07 Å². The van der Waals surface area contributed by atoms with Gasteiger partial charge < -0.3 is 19.9 Å². The number of amides is 1. The topological polar surface area (TPSA) is 81.5 Å². The molecule has 0 radical (unpaired) electrons. The van der Waals surface area contributed by atoms with Crippen LogP contribution in [-0.2, 0) is 9.53 Å². The van der Waals surface area contributed by atoms with Gasteiger partial charge in [0.2, 0.25) is 0 Å². The Balaban J connectivity index is 1.43. The zero-order valence-corrected chi connectivity index (χ0v) is 16.6. The SMILES string of the molecule is C[C@@H]1CN(c2ccc(C#N)c3ncccc23)C[C@H](C(=O)N2CCC23CCNC3)O1. The van der Waals surface area contributed by atoms with E-state index in [1.807, 2.05) is 36.1 Å². The number of anilines is 1. The highest BCUT2D eigenvalue weighted by Crippen LogP contribution is 2.37. The van der Waals surface area contributed by atoms with Crippen molar-refractivity contribution in [2.24, 2.45) is 0 Å².